The molecule has 0 radical (unpaired) electrons. The van der Waals surface area contributed by atoms with Crippen molar-refractivity contribution in [2.45, 2.75) is 59.9 Å². The minimum atomic E-state index is -1.13. The quantitative estimate of drug-likeness (QED) is 0.141. The predicted molar refractivity (Wildman–Crippen MR) is 190 cm³/mol. The number of aromatic amines is 3. The van der Waals surface area contributed by atoms with Gasteiger partial charge < -0.3 is 34.8 Å². The van der Waals surface area contributed by atoms with Crippen molar-refractivity contribution in [2.24, 2.45) is 17.8 Å². The third kappa shape index (κ3) is 5.58. The fraction of sp³-hybridized carbons (Fsp3) is 0.359. The molecule has 1 fully saturated rings. The topological polar surface area (TPSA) is 149 Å². The van der Waals surface area contributed by atoms with Crippen LogP contribution in [0.15, 0.2) is 24.4 Å². The number of nitrogens with one attached hydrogen (secondary N) is 4. The Morgan fingerprint density at radius 3 is 2.47 bits per heavy atom. The van der Waals surface area contributed by atoms with Gasteiger partial charge in [0, 0.05) is 56.8 Å². The molecule has 10 nitrogen and oxygen atoms in total. The molecule has 4 atom stereocenters. The average molecular weight is 665 g/mol. The summed E-state index contributed by atoms with van der Waals surface area (Å²) < 4.78 is 10.6. The van der Waals surface area contributed by atoms with Gasteiger partial charge in [0.05, 0.1) is 30.1 Å². The number of allylic oxidation sites excluding steroid dienone is 2. The molecule has 1 aliphatic carbocycles. The van der Waals surface area contributed by atoms with Crippen LogP contribution in [0, 0.1) is 31.6 Å². The van der Waals surface area contributed by atoms with E-state index in [0.717, 1.165) is 51.1 Å². The standard InChI is InChI=1S/C39H44N4O6/c1-8-11-14-49-32(45)13-12-24-20(5)27-15-26-19(4)22(9-2)29(40-26)17-31-25(18-44)23(10-3)30(41-31)16-28-21(6)33-37(43-28)34(36(24)42-27)35(38(33)46)39(47)48-7/h8-9,11,15-18,20,24,35-36,40-44H,2,10,12-14H2,1,3-7H3/b11-8-,25-18-,27-15-,28-16-,31-17-/t20-,24-,35+,36?/m0/s1. The van der Waals surface area contributed by atoms with Gasteiger partial charge in [-0.15, -0.1) is 0 Å². The Balaban J connectivity index is 1.65. The largest absolute Gasteiger partial charge is 0.515 e. The normalized spacial score (nSPS) is 23.8. The number of carbonyl (C=O) groups is 3. The van der Waals surface area contributed by atoms with E-state index in [9.17, 15) is 19.5 Å². The van der Waals surface area contributed by atoms with Crippen LogP contribution in [0.5, 0.6) is 0 Å². The third-order valence-corrected chi connectivity index (χ3v) is 10.5. The number of aromatic nitrogens is 3. The van der Waals surface area contributed by atoms with Gasteiger partial charge in [0.15, 0.2) is 5.78 Å². The Kier molecular flexibility index (Phi) is 9.16. The van der Waals surface area contributed by atoms with Crippen LogP contribution < -0.4 is 26.6 Å². The molecular weight excluding hydrogens is 620 g/mol. The van der Waals surface area contributed by atoms with Gasteiger partial charge in [0.1, 0.15) is 12.5 Å². The van der Waals surface area contributed by atoms with Crippen molar-refractivity contribution >= 4 is 53.9 Å². The highest BCUT2D eigenvalue weighted by atomic mass is 16.5. The number of ketones is 1. The first-order valence-corrected chi connectivity index (χ1v) is 16.8. The number of hydrogen-bond acceptors (Lipinski definition) is 7. The molecule has 0 aromatic carbocycles. The number of methoxy groups -OCH3 is 1. The smallest absolute Gasteiger partial charge is 0.320 e. The summed E-state index contributed by atoms with van der Waals surface area (Å²) in [6.07, 6.45) is 13.8. The first kappa shape index (κ1) is 33.6. The number of hydrogen-bond donors (Lipinski definition) is 5. The first-order chi connectivity index (χ1) is 23.6. The van der Waals surface area contributed by atoms with Gasteiger partial charge in [-0.05, 0) is 80.0 Å². The zero-order chi connectivity index (χ0) is 35.1. The summed E-state index contributed by atoms with van der Waals surface area (Å²) in [5.74, 6) is -2.62. The third-order valence-electron chi connectivity index (χ3n) is 10.5. The van der Waals surface area contributed by atoms with Crippen LogP contribution in [0.4, 0.5) is 0 Å². The van der Waals surface area contributed by atoms with Crippen molar-refractivity contribution in [3.8, 4) is 0 Å². The van der Waals surface area contributed by atoms with Gasteiger partial charge >= 0.3 is 11.9 Å². The average Bonchev–Trinajstić information content (AvgIpc) is 3.84. The number of rotatable bonds is 8. The van der Waals surface area contributed by atoms with Crippen molar-refractivity contribution < 1.29 is 29.0 Å². The number of esters is 2. The number of H-pyrrole nitrogens is 3. The molecule has 2 aliphatic heterocycles. The SMILES string of the molecule is C=Cc1c2[nH]c(c1C)/C=C1\NC(C3=c4[nH]/c(c(C)c4C(=O)[C@@H]3C(=O)OC)=C\c3[nH]c(/c(=C\O)c3CC)=C\2)[C@@H](CCC(=O)OC/C=C\C)[C@@H]1C. The summed E-state index contributed by atoms with van der Waals surface area (Å²) in [7, 11) is 1.30. The highest BCUT2D eigenvalue weighted by molar-refractivity contribution is 6.19. The molecule has 3 aromatic rings. The van der Waals surface area contributed by atoms with Gasteiger partial charge in [-0.2, -0.15) is 0 Å². The van der Waals surface area contributed by atoms with E-state index in [2.05, 4.69) is 39.8 Å². The summed E-state index contributed by atoms with van der Waals surface area (Å²) in [4.78, 5) is 51.0. The van der Waals surface area contributed by atoms with Crippen LogP contribution in [-0.4, -0.2) is 57.5 Å². The van der Waals surface area contributed by atoms with E-state index in [4.69, 9.17) is 9.47 Å². The maximum Gasteiger partial charge on any atom is 0.320 e. The van der Waals surface area contributed by atoms with Crippen molar-refractivity contribution in [3.05, 3.63) is 90.6 Å². The molecule has 6 rings (SSSR count). The van der Waals surface area contributed by atoms with E-state index < -0.39 is 17.9 Å². The molecule has 10 heteroatoms. The van der Waals surface area contributed by atoms with E-state index in [1.165, 1.54) is 7.11 Å². The molecule has 1 saturated heterocycles. The Morgan fingerprint density at radius 1 is 1.04 bits per heavy atom. The first-order valence-electron chi connectivity index (χ1n) is 16.8. The molecule has 0 spiro atoms. The predicted octanol–water partition coefficient (Wildman–Crippen LogP) is 3.06. The zero-order valence-corrected chi connectivity index (χ0v) is 28.9. The lowest BCUT2D eigenvalue weighted by Crippen LogP contribution is -2.38. The Bertz CT molecular complexity index is 2190. The van der Waals surface area contributed by atoms with Crippen molar-refractivity contribution in [1.82, 2.24) is 20.3 Å². The fourth-order valence-corrected chi connectivity index (χ4v) is 7.81. The lowest BCUT2D eigenvalue weighted by molar-refractivity contribution is -0.143. The minimum Gasteiger partial charge on any atom is -0.515 e. The Labute approximate surface area is 284 Å². The molecule has 5 heterocycles. The second-order valence-electron chi connectivity index (χ2n) is 13.0. The second-order valence-corrected chi connectivity index (χ2v) is 13.0. The van der Waals surface area contributed by atoms with Crippen LogP contribution in [0.3, 0.4) is 0 Å². The molecule has 8 bridgehead atoms. The number of carbonyl (C=O) groups excluding carboxylic acids is 3. The summed E-state index contributed by atoms with van der Waals surface area (Å²) in [6.45, 7) is 14.2. The summed E-state index contributed by atoms with van der Waals surface area (Å²) in [5.41, 5.74) is 8.01. The van der Waals surface area contributed by atoms with Crippen LogP contribution in [0.2, 0.25) is 0 Å². The number of fused-ring (bicyclic) bond motifs is 8. The van der Waals surface area contributed by atoms with Crippen molar-refractivity contribution in [2.75, 3.05) is 13.7 Å². The molecule has 1 unspecified atom stereocenters. The van der Waals surface area contributed by atoms with E-state index >= 15 is 0 Å². The van der Waals surface area contributed by atoms with E-state index in [1.807, 2.05) is 52.0 Å². The highest BCUT2D eigenvalue weighted by Crippen LogP contribution is 2.42. The minimum absolute atomic E-state index is 0.0772. The molecule has 0 amide bonds. The maximum atomic E-state index is 14.2. The molecule has 256 valence electrons. The highest BCUT2D eigenvalue weighted by Gasteiger charge is 2.49. The van der Waals surface area contributed by atoms with Crippen LogP contribution in [0.25, 0.3) is 36.1 Å². The van der Waals surface area contributed by atoms with E-state index in [0.29, 0.717) is 45.5 Å². The van der Waals surface area contributed by atoms with Gasteiger partial charge in [0.2, 0.25) is 0 Å². The Morgan fingerprint density at radius 2 is 1.80 bits per heavy atom. The summed E-state index contributed by atoms with van der Waals surface area (Å²) in [6, 6.07) is -0.461. The number of aliphatic hydroxyl groups excluding tert-OH is 1. The molecule has 3 aromatic heterocycles. The summed E-state index contributed by atoms with van der Waals surface area (Å²) in [5, 5.41) is 16.8. The lowest BCUT2D eigenvalue weighted by atomic mass is 9.80. The lowest BCUT2D eigenvalue weighted by Gasteiger charge is -2.25. The molecule has 3 aliphatic rings. The number of ether oxygens (including phenoxy) is 2. The van der Waals surface area contributed by atoms with Gasteiger partial charge in [-0.3, -0.25) is 14.4 Å². The van der Waals surface area contributed by atoms with Crippen LogP contribution in [0.1, 0.15) is 83.3 Å². The van der Waals surface area contributed by atoms with Gasteiger partial charge in [-0.1, -0.05) is 38.7 Å². The van der Waals surface area contributed by atoms with Gasteiger partial charge in [-0.25, -0.2) is 0 Å². The molecule has 0 saturated carbocycles. The second kappa shape index (κ2) is 13.3. The van der Waals surface area contributed by atoms with E-state index in [-0.39, 0.29) is 36.6 Å². The Hall–Kier alpha value is -5.25. The van der Waals surface area contributed by atoms with Crippen molar-refractivity contribution in [1.29, 1.82) is 0 Å². The summed E-state index contributed by atoms with van der Waals surface area (Å²) >= 11 is 0. The van der Waals surface area contributed by atoms with Gasteiger partial charge in [0.25, 0.3) is 0 Å². The fourth-order valence-electron chi connectivity index (χ4n) is 7.81. The van der Waals surface area contributed by atoms with Crippen LogP contribution in [-0.2, 0) is 25.5 Å². The maximum absolute atomic E-state index is 14.2. The van der Waals surface area contributed by atoms with Crippen molar-refractivity contribution in [3.63, 3.8) is 0 Å². The van der Waals surface area contributed by atoms with E-state index in [1.54, 1.807) is 6.08 Å². The molecule has 49 heavy (non-hydrogen) atoms. The molecular formula is C39H44N4O6. The molecule has 5 N–H and O–H groups in total. The number of Topliss-reactive ketones (excluding diaryl/α,β-unsaturated/α-hetero) is 1. The monoisotopic (exact) mass is 664 g/mol. The zero-order valence-electron chi connectivity index (χ0n) is 28.9. The number of aliphatic hydroxyl groups is 1. The van der Waals surface area contributed by atoms with Crippen LogP contribution >= 0.6 is 0 Å².